The normalized spacial score (nSPS) is 13.5. The van der Waals surface area contributed by atoms with Crippen LogP contribution in [0.15, 0.2) is 140 Å². The minimum atomic E-state index is -0.0807. The quantitative estimate of drug-likeness (QED) is 0.192. The molecule has 1 heterocycles. The van der Waals surface area contributed by atoms with Crippen LogP contribution in [0.2, 0.25) is 0 Å². The molecule has 1 aliphatic carbocycles. The molecule has 0 spiro atoms. The van der Waals surface area contributed by atoms with Gasteiger partial charge in [0, 0.05) is 32.0 Å². The van der Waals surface area contributed by atoms with Gasteiger partial charge in [-0.15, -0.1) is 11.3 Å². The molecule has 1 nitrogen and oxygen atoms in total. The maximum absolute atomic E-state index is 2.52. The molecule has 0 fully saturated rings. The average molecular weight is 568 g/mol. The maximum Gasteiger partial charge on any atom is 0.0640 e. The van der Waals surface area contributed by atoms with Crippen molar-refractivity contribution in [2.75, 3.05) is 4.90 Å². The predicted octanol–water partition coefficient (Wildman–Crippen LogP) is 12.1. The number of nitrogens with zero attached hydrogens (tertiary/aromatic N) is 1. The topological polar surface area (TPSA) is 3.24 Å². The fourth-order valence-electron chi connectivity index (χ4n) is 7.37. The van der Waals surface area contributed by atoms with Crippen LogP contribution in [0, 0.1) is 0 Å². The van der Waals surface area contributed by atoms with Gasteiger partial charge in [-0.2, -0.15) is 0 Å². The van der Waals surface area contributed by atoms with Crippen molar-refractivity contribution >= 4 is 70.1 Å². The second kappa shape index (κ2) is 9.04. The van der Waals surface area contributed by atoms with Crippen LogP contribution in [0.4, 0.5) is 17.1 Å². The molecule has 7 aromatic carbocycles. The summed E-state index contributed by atoms with van der Waals surface area (Å²) in [6.45, 7) is 4.73. The highest BCUT2D eigenvalue weighted by molar-refractivity contribution is 7.26. The third kappa shape index (κ3) is 3.51. The minimum Gasteiger partial charge on any atom is -0.308 e. The molecule has 0 N–H and O–H groups in total. The summed E-state index contributed by atoms with van der Waals surface area (Å²) < 4.78 is 2.63. The van der Waals surface area contributed by atoms with Gasteiger partial charge in [-0.25, -0.2) is 0 Å². The van der Waals surface area contributed by atoms with Gasteiger partial charge < -0.3 is 4.90 Å². The molecule has 1 aromatic heterocycles. The lowest BCUT2D eigenvalue weighted by Crippen LogP contribution is -2.16. The van der Waals surface area contributed by atoms with E-state index in [0.29, 0.717) is 0 Å². The number of hydrogen-bond acceptors (Lipinski definition) is 2. The van der Waals surface area contributed by atoms with E-state index in [0.717, 1.165) is 0 Å². The summed E-state index contributed by atoms with van der Waals surface area (Å²) in [5, 5.41) is 7.69. The molecule has 0 bridgehead atoms. The van der Waals surface area contributed by atoms with E-state index < -0.39 is 0 Å². The molecule has 0 aliphatic heterocycles. The zero-order valence-corrected chi connectivity index (χ0v) is 25.0. The van der Waals surface area contributed by atoms with Crippen LogP contribution >= 0.6 is 11.3 Å². The smallest absolute Gasteiger partial charge is 0.0640 e. The van der Waals surface area contributed by atoms with E-state index in [1.165, 1.54) is 81.0 Å². The van der Waals surface area contributed by atoms with Gasteiger partial charge in [0.05, 0.1) is 16.1 Å². The monoisotopic (exact) mass is 567 g/mol. The summed E-state index contributed by atoms with van der Waals surface area (Å²) in [6, 6.07) is 51.6. The molecular weight excluding hydrogens is 539 g/mol. The zero-order chi connectivity index (χ0) is 28.7. The van der Waals surface area contributed by atoms with Crippen molar-refractivity contribution in [3.05, 3.63) is 151 Å². The molecule has 2 heteroatoms. The summed E-state index contributed by atoms with van der Waals surface area (Å²) >= 11 is 1.89. The Bertz CT molecular complexity index is 2390. The van der Waals surface area contributed by atoms with Gasteiger partial charge in [0.2, 0.25) is 0 Å². The molecule has 0 atom stereocenters. The highest BCUT2D eigenvalue weighted by atomic mass is 32.1. The molecule has 0 amide bonds. The summed E-state index contributed by atoms with van der Waals surface area (Å²) in [5.41, 5.74) is 8.99. The lowest BCUT2D eigenvalue weighted by molar-refractivity contribution is 0.660. The Kier molecular flexibility index (Phi) is 5.18. The Balaban J connectivity index is 1.39. The second-order valence-corrected chi connectivity index (χ2v) is 13.2. The van der Waals surface area contributed by atoms with Gasteiger partial charge in [-0.05, 0) is 68.7 Å². The largest absolute Gasteiger partial charge is 0.308 e. The molecule has 204 valence electrons. The van der Waals surface area contributed by atoms with E-state index in [9.17, 15) is 0 Å². The van der Waals surface area contributed by atoms with Gasteiger partial charge in [-0.3, -0.25) is 0 Å². The molecule has 0 saturated carbocycles. The van der Waals surface area contributed by atoms with Gasteiger partial charge in [0.25, 0.3) is 0 Å². The van der Waals surface area contributed by atoms with Crippen molar-refractivity contribution in [2.24, 2.45) is 0 Å². The van der Waals surface area contributed by atoms with E-state index >= 15 is 0 Å². The first-order valence-corrected chi connectivity index (χ1v) is 15.8. The van der Waals surface area contributed by atoms with Crippen LogP contribution < -0.4 is 4.90 Å². The third-order valence-corrected chi connectivity index (χ3v) is 10.6. The first-order chi connectivity index (χ1) is 21.1. The Labute approximate surface area is 255 Å². The van der Waals surface area contributed by atoms with Crippen LogP contribution in [0.3, 0.4) is 0 Å². The van der Waals surface area contributed by atoms with Crippen molar-refractivity contribution in [3.63, 3.8) is 0 Å². The van der Waals surface area contributed by atoms with Crippen LogP contribution in [0.25, 0.3) is 52.8 Å². The fourth-order valence-corrected chi connectivity index (χ4v) is 8.57. The van der Waals surface area contributed by atoms with Crippen molar-refractivity contribution in [3.8, 4) is 11.1 Å². The molecule has 1 aliphatic rings. The molecule has 0 saturated heterocycles. The molecule has 9 rings (SSSR count). The Morgan fingerprint density at radius 3 is 2.05 bits per heavy atom. The molecule has 43 heavy (non-hydrogen) atoms. The standard InChI is InChI=1S/C41H29NS/c1-41(2)35-19-9-7-15-30(35)31-23-22-27(25-36(31)41)42(37-20-11-18-34-33-17-8-10-21-39(33)43-40(34)37)38-24-26-12-3-4-13-28(26)29-14-5-6-16-32(29)38/h3-25H,1-2H3. The van der Waals surface area contributed by atoms with E-state index in [-0.39, 0.29) is 5.41 Å². The van der Waals surface area contributed by atoms with Crippen molar-refractivity contribution in [1.82, 2.24) is 0 Å². The second-order valence-electron chi connectivity index (χ2n) is 12.2. The Morgan fingerprint density at radius 2 is 1.16 bits per heavy atom. The zero-order valence-electron chi connectivity index (χ0n) is 24.1. The van der Waals surface area contributed by atoms with E-state index in [4.69, 9.17) is 0 Å². The lowest BCUT2D eigenvalue weighted by Gasteiger charge is -2.30. The number of hydrogen-bond donors (Lipinski definition) is 0. The minimum absolute atomic E-state index is 0.0807. The Morgan fingerprint density at radius 1 is 0.488 bits per heavy atom. The average Bonchev–Trinajstić information content (AvgIpc) is 3.54. The first kappa shape index (κ1) is 24.7. The van der Waals surface area contributed by atoms with Crippen molar-refractivity contribution in [1.29, 1.82) is 0 Å². The SMILES string of the molecule is CC1(C)c2ccccc2-c2ccc(N(c3cc4ccccc4c4ccccc34)c3cccc4c3sc3ccccc34)cc21. The van der Waals surface area contributed by atoms with Crippen LogP contribution in [0.5, 0.6) is 0 Å². The lowest BCUT2D eigenvalue weighted by atomic mass is 9.82. The highest BCUT2D eigenvalue weighted by Gasteiger charge is 2.36. The summed E-state index contributed by atoms with van der Waals surface area (Å²) in [5.74, 6) is 0. The number of rotatable bonds is 3. The maximum atomic E-state index is 2.52. The summed E-state index contributed by atoms with van der Waals surface area (Å²) in [4.78, 5) is 2.52. The third-order valence-electron chi connectivity index (χ3n) is 9.44. The van der Waals surface area contributed by atoms with E-state index in [2.05, 4.69) is 158 Å². The van der Waals surface area contributed by atoms with Gasteiger partial charge >= 0.3 is 0 Å². The van der Waals surface area contributed by atoms with Crippen molar-refractivity contribution < 1.29 is 0 Å². The fraction of sp³-hybridized carbons (Fsp3) is 0.0732. The number of anilines is 3. The van der Waals surface area contributed by atoms with Gasteiger partial charge in [0.15, 0.2) is 0 Å². The molecular formula is C41H29NS. The van der Waals surface area contributed by atoms with Gasteiger partial charge in [0.1, 0.15) is 0 Å². The van der Waals surface area contributed by atoms with Crippen LogP contribution in [-0.4, -0.2) is 0 Å². The van der Waals surface area contributed by atoms with Crippen LogP contribution in [-0.2, 0) is 5.41 Å². The molecule has 0 radical (unpaired) electrons. The predicted molar refractivity (Wildman–Crippen MR) is 187 cm³/mol. The number of benzene rings is 7. The van der Waals surface area contributed by atoms with E-state index in [1.54, 1.807) is 0 Å². The van der Waals surface area contributed by atoms with Crippen LogP contribution in [0.1, 0.15) is 25.0 Å². The van der Waals surface area contributed by atoms with Gasteiger partial charge in [-0.1, -0.05) is 123 Å². The highest BCUT2D eigenvalue weighted by Crippen LogP contribution is 2.52. The van der Waals surface area contributed by atoms with E-state index in [1.807, 2.05) is 11.3 Å². The molecule has 0 unspecified atom stereocenters. The molecule has 8 aromatic rings. The Hall–Kier alpha value is -4.92. The first-order valence-electron chi connectivity index (χ1n) is 14.9. The van der Waals surface area contributed by atoms with Crippen molar-refractivity contribution in [2.45, 2.75) is 19.3 Å². The number of fused-ring (bicyclic) bond motifs is 9. The summed E-state index contributed by atoms with van der Waals surface area (Å²) in [6.07, 6.45) is 0. The summed E-state index contributed by atoms with van der Waals surface area (Å²) in [7, 11) is 0. The number of thiophene rings is 1.